The Morgan fingerprint density at radius 2 is 2.05 bits per heavy atom. The molecule has 0 bridgehead atoms. The smallest absolute Gasteiger partial charge is 0.319 e. The van der Waals surface area contributed by atoms with Gasteiger partial charge in [-0.25, -0.2) is 4.79 Å². The minimum atomic E-state index is -0.145. The molecule has 1 aromatic carbocycles. The van der Waals surface area contributed by atoms with E-state index in [9.17, 15) is 4.79 Å². The number of hydrogen-bond acceptors (Lipinski definition) is 1. The summed E-state index contributed by atoms with van der Waals surface area (Å²) in [6.45, 7) is 2.27. The van der Waals surface area contributed by atoms with Gasteiger partial charge < -0.3 is 10.6 Å². The Balaban J connectivity index is 1.85. The number of carbonyl (C=O) groups is 1. The van der Waals surface area contributed by atoms with Crippen LogP contribution in [0.25, 0.3) is 0 Å². The molecule has 19 heavy (non-hydrogen) atoms. The predicted octanol–water partition coefficient (Wildman–Crippen LogP) is 3.37. The van der Waals surface area contributed by atoms with Crippen LogP contribution >= 0.6 is 0 Å². The molecule has 0 atom stereocenters. The molecule has 1 aliphatic carbocycles. The van der Waals surface area contributed by atoms with Crippen LogP contribution in [0.2, 0.25) is 0 Å². The van der Waals surface area contributed by atoms with E-state index >= 15 is 0 Å². The Labute approximate surface area is 114 Å². The summed E-state index contributed by atoms with van der Waals surface area (Å²) in [7, 11) is 0. The van der Waals surface area contributed by atoms with Gasteiger partial charge in [0.15, 0.2) is 0 Å². The molecule has 2 N–H and O–H groups in total. The zero-order chi connectivity index (χ0) is 13.7. The third-order valence-corrected chi connectivity index (χ3v) is 3.64. The normalized spacial score (nSPS) is 22.3. The van der Waals surface area contributed by atoms with Gasteiger partial charge in [-0.2, -0.15) is 0 Å². The van der Waals surface area contributed by atoms with Crippen molar-refractivity contribution in [1.82, 2.24) is 5.32 Å². The monoisotopic (exact) mass is 256 g/mol. The number of urea groups is 1. The highest BCUT2D eigenvalue weighted by Crippen LogP contribution is 2.23. The number of hydrogen-bond donors (Lipinski definition) is 2. The fourth-order valence-electron chi connectivity index (χ4n) is 2.44. The number of nitrogens with one attached hydrogen (secondary N) is 2. The summed E-state index contributed by atoms with van der Waals surface area (Å²) in [5.41, 5.74) is 1.50. The summed E-state index contributed by atoms with van der Waals surface area (Å²) in [6, 6.07) is 7.46. The molecule has 2 amide bonds. The van der Waals surface area contributed by atoms with Crippen LogP contribution in [0.3, 0.4) is 0 Å². The van der Waals surface area contributed by atoms with E-state index < -0.39 is 0 Å². The van der Waals surface area contributed by atoms with Gasteiger partial charge in [-0.05, 0) is 49.8 Å². The van der Waals surface area contributed by atoms with Gasteiger partial charge in [0.05, 0.1) is 0 Å². The fraction of sp³-hybridized carbons (Fsp3) is 0.438. The van der Waals surface area contributed by atoms with Crippen LogP contribution in [0.15, 0.2) is 24.3 Å². The van der Waals surface area contributed by atoms with Crippen LogP contribution in [0.1, 0.15) is 38.2 Å². The van der Waals surface area contributed by atoms with E-state index in [1.165, 1.54) is 12.8 Å². The zero-order valence-electron chi connectivity index (χ0n) is 11.3. The van der Waals surface area contributed by atoms with E-state index in [4.69, 9.17) is 6.42 Å². The summed E-state index contributed by atoms with van der Waals surface area (Å²) in [5.74, 6) is 3.34. The van der Waals surface area contributed by atoms with Crippen molar-refractivity contribution >= 4 is 11.7 Å². The molecule has 1 aromatic rings. The second kappa shape index (κ2) is 6.29. The number of anilines is 1. The molecule has 1 fully saturated rings. The fourth-order valence-corrected chi connectivity index (χ4v) is 2.44. The van der Waals surface area contributed by atoms with E-state index in [0.29, 0.717) is 6.04 Å². The number of carbonyl (C=O) groups excluding carboxylic acids is 1. The molecule has 3 heteroatoms. The quantitative estimate of drug-likeness (QED) is 0.783. The van der Waals surface area contributed by atoms with Crippen molar-refractivity contribution in [1.29, 1.82) is 0 Å². The number of benzene rings is 1. The predicted molar refractivity (Wildman–Crippen MR) is 78.0 cm³/mol. The largest absolute Gasteiger partial charge is 0.335 e. The van der Waals surface area contributed by atoms with E-state index in [1.54, 1.807) is 6.07 Å². The molecule has 3 nitrogen and oxygen atoms in total. The molecule has 1 saturated carbocycles. The lowest BCUT2D eigenvalue weighted by molar-refractivity contribution is 0.239. The molecule has 0 saturated heterocycles. The van der Waals surface area contributed by atoms with Crippen molar-refractivity contribution in [2.75, 3.05) is 5.32 Å². The molecule has 2 rings (SSSR count). The molecule has 0 aliphatic heterocycles. The first-order chi connectivity index (χ1) is 9.17. The maximum atomic E-state index is 11.9. The molecule has 100 valence electrons. The van der Waals surface area contributed by atoms with Gasteiger partial charge in [0.1, 0.15) is 0 Å². The van der Waals surface area contributed by atoms with Gasteiger partial charge in [-0.3, -0.25) is 0 Å². The molecular formula is C16H20N2O. The van der Waals surface area contributed by atoms with Crippen LogP contribution in [-0.4, -0.2) is 12.1 Å². The molecule has 1 aliphatic rings. The summed E-state index contributed by atoms with van der Waals surface area (Å²) in [4.78, 5) is 11.9. The maximum Gasteiger partial charge on any atom is 0.319 e. The average molecular weight is 256 g/mol. The van der Waals surface area contributed by atoms with E-state index in [1.807, 2.05) is 18.2 Å². The Hall–Kier alpha value is -1.95. The Morgan fingerprint density at radius 1 is 1.32 bits per heavy atom. The van der Waals surface area contributed by atoms with E-state index in [0.717, 1.165) is 30.0 Å². The minimum Gasteiger partial charge on any atom is -0.335 e. The first kappa shape index (κ1) is 13.5. The van der Waals surface area contributed by atoms with Crippen LogP contribution in [0.4, 0.5) is 10.5 Å². The number of rotatable bonds is 2. The van der Waals surface area contributed by atoms with Gasteiger partial charge >= 0.3 is 6.03 Å². The molecule has 0 radical (unpaired) electrons. The number of amides is 2. The summed E-state index contributed by atoms with van der Waals surface area (Å²) >= 11 is 0. The SMILES string of the molecule is C#Cc1cccc(NC(=O)NC2CCC(C)CC2)c1. The van der Waals surface area contributed by atoms with Crippen molar-refractivity contribution in [2.24, 2.45) is 5.92 Å². The van der Waals surface area contributed by atoms with Crippen LogP contribution in [-0.2, 0) is 0 Å². The van der Waals surface area contributed by atoms with Crippen LogP contribution in [0.5, 0.6) is 0 Å². The van der Waals surface area contributed by atoms with E-state index in [2.05, 4.69) is 23.5 Å². The maximum absolute atomic E-state index is 11.9. The summed E-state index contributed by atoms with van der Waals surface area (Å²) < 4.78 is 0. The van der Waals surface area contributed by atoms with Crippen molar-refractivity contribution in [3.8, 4) is 12.3 Å². The summed E-state index contributed by atoms with van der Waals surface area (Å²) in [5, 5.41) is 5.85. The van der Waals surface area contributed by atoms with Gasteiger partial charge in [-0.1, -0.05) is 18.9 Å². The average Bonchev–Trinajstić information content (AvgIpc) is 2.41. The Kier molecular flexibility index (Phi) is 4.46. The topological polar surface area (TPSA) is 41.1 Å². The molecule has 0 spiro atoms. The number of terminal acetylenes is 1. The third-order valence-electron chi connectivity index (χ3n) is 3.64. The van der Waals surface area contributed by atoms with Gasteiger partial charge in [-0.15, -0.1) is 6.42 Å². The minimum absolute atomic E-state index is 0.145. The highest BCUT2D eigenvalue weighted by atomic mass is 16.2. The second-order valence-corrected chi connectivity index (χ2v) is 5.28. The van der Waals surface area contributed by atoms with Gasteiger partial charge in [0, 0.05) is 17.3 Å². The standard InChI is InChI=1S/C16H20N2O/c1-3-13-5-4-6-15(11-13)18-16(19)17-14-9-7-12(2)8-10-14/h1,4-6,11-12,14H,7-10H2,2H3,(H2,17,18,19). The lowest BCUT2D eigenvalue weighted by atomic mass is 9.87. The lowest BCUT2D eigenvalue weighted by Crippen LogP contribution is -2.39. The van der Waals surface area contributed by atoms with Crippen LogP contribution in [0, 0.1) is 18.3 Å². The van der Waals surface area contributed by atoms with Crippen molar-refractivity contribution in [2.45, 2.75) is 38.6 Å². The van der Waals surface area contributed by atoms with Gasteiger partial charge in [0.25, 0.3) is 0 Å². The molecular weight excluding hydrogens is 236 g/mol. The third kappa shape index (κ3) is 4.03. The first-order valence-electron chi connectivity index (χ1n) is 6.81. The second-order valence-electron chi connectivity index (χ2n) is 5.28. The van der Waals surface area contributed by atoms with Crippen LogP contribution < -0.4 is 10.6 Å². The van der Waals surface area contributed by atoms with Crippen molar-refractivity contribution in [3.05, 3.63) is 29.8 Å². The Bertz CT molecular complexity index is 482. The van der Waals surface area contributed by atoms with Crippen molar-refractivity contribution in [3.63, 3.8) is 0 Å². The van der Waals surface area contributed by atoms with Crippen molar-refractivity contribution < 1.29 is 4.79 Å². The Morgan fingerprint density at radius 3 is 2.74 bits per heavy atom. The van der Waals surface area contributed by atoms with E-state index in [-0.39, 0.29) is 6.03 Å². The molecule has 0 heterocycles. The molecule has 0 unspecified atom stereocenters. The van der Waals surface area contributed by atoms with Gasteiger partial charge in [0.2, 0.25) is 0 Å². The first-order valence-corrected chi connectivity index (χ1v) is 6.81. The highest BCUT2D eigenvalue weighted by molar-refractivity contribution is 5.89. The zero-order valence-corrected chi connectivity index (χ0v) is 11.3. The summed E-state index contributed by atoms with van der Waals surface area (Å²) in [6.07, 6.45) is 9.85. The lowest BCUT2D eigenvalue weighted by Gasteiger charge is -2.26. The highest BCUT2D eigenvalue weighted by Gasteiger charge is 2.19. The molecule has 0 aromatic heterocycles.